The van der Waals surface area contributed by atoms with Crippen molar-refractivity contribution in [2.45, 2.75) is 19.8 Å². The fourth-order valence-corrected chi connectivity index (χ4v) is 0.451. The number of hydrogen-bond acceptors (Lipinski definition) is 1. The fraction of sp³-hybridized carbons (Fsp3) is 0.375. The second kappa shape index (κ2) is 7.15. The number of rotatable bonds is 4. The van der Waals surface area contributed by atoms with E-state index in [0.29, 0.717) is 0 Å². The van der Waals surface area contributed by atoms with Crippen molar-refractivity contribution in [3.05, 3.63) is 24.3 Å². The van der Waals surface area contributed by atoms with Crippen LogP contribution in [0.25, 0.3) is 0 Å². The van der Waals surface area contributed by atoms with Crippen molar-refractivity contribution in [2.24, 2.45) is 0 Å². The van der Waals surface area contributed by atoms with Crippen LogP contribution in [0.2, 0.25) is 0 Å². The van der Waals surface area contributed by atoms with Gasteiger partial charge in [0, 0.05) is 0 Å². The van der Waals surface area contributed by atoms with E-state index in [1.165, 1.54) is 6.08 Å². The van der Waals surface area contributed by atoms with Gasteiger partial charge >= 0.3 is 0 Å². The van der Waals surface area contributed by atoms with Gasteiger partial charge in [-0.2, -0.15) is 0 Å². The maximum atomic E-state index is 9.72. The highest BCUT2D eigenvalue weighted by Crippen LogP contribution is 1.87. The Morgan fingerprint density at radius 1 is 1.22 bits per heavy atom. The van der Waals surface area contributed by atoms with Crippen LogP contribution in [0.5, 0.6) is 0 Å². The second-order valence-corrected chi connectivity index (χ2v) is 1.74. The zero-order chi connectivity index (χ0) is 6.95. The Bertz CT molecular complexity index is 112. The van der Waals surface area contributed by atoms with Crippen LogP contribution < -0.4 is 0 Å². The van der Waals surface area contributed by atoms with E-state index in [2.05, 4.69) is 6.92 Å². The van der Waals surface area contributed by atoms with Gasteiger partial charge in [0.1, 0.15) is 6.29 Å². The zero-order valence-corrected chi connectivity index (χ0v) is 5.71. The average molecular weight is 124 g/mol. The molecule has 0 N–H and O–H groups in total. The molecule has 0 aromatic rings. The highest BCUT2D eigenvalue weighted by atomic mass is 16.1. The highest BCUT2D eigenvalue weighted by molar-refractivity contribution is 5.65. The fourth-order valence-electron chi connectivity index (χ4n) is 0.451. The minimum Gasteiger partial charge on any atom is -0.299 e. The Balaban J connectivity index is 3.23. The largest absolute Gasteiger partial charge is 0.299 e. The van der Waals surface area contributed by atoms with E-state index in [1.54, 1.807) is 6.08 Å². The van der Waals surface area contributed by atoms with E-state index in [4.69, 9.17) is 0 Å². The SMILES string of the molecule is CCC/C=C\C=C\C=O. The normalized spacial score (nSPS) is 11.2. The number of hydrogen-bond donors (Lipinski definition) is 0. The molecule has 0 aliphatic rings. The minimum absolute atomic E-state index is 0.774. The molecule has 0 aliphatic heterocycles. The Kier molecular flexibility index (Phi) is 6.47. The maximum Gasteiger partial charge on any atom is 0.142 e. The third-order valence-corrected chi connectivity index (χ3v) is 0.892. The van der Waals surface area contributed by atoms with E-state index in [0.717, 1.165) is 19.1 Å². The molecule has 0 rings (SSSR count). The lowest BCUT2D eigenvalue weighted by Gasteiger charge is -1.78. The number of allylic oxidation sites excluding steroid dienone is 4. The van der Waals surface area contributed by atoms with Gasteiger partial charge in [0.15, 0.2) is 0 Å². The van der Waals surface area contributed by atoms with Crippen molar-refractivity contribution in [3.63, 3.8) is 0 Å². The summed E-state index contributed by atoms with van der Waals surface area (Å²) >= 11 is 0. The van der Waals surface area contributed by atoms with Gasteiger partial charge in [-0.05, 0) is 12.5 Å². The van der Waals surface area contributed by atoms with Crippen molar-refractivity contribution >= 4 is 6.29 Å². The van der Waals surface area contributed by atoms with Gasteiger partial charge in [0.2, 0.25) is 0 Å². The summed E-state index contributed by atoms with van der Waals surface area (Å²) in [6, 6.07) is 0. The summed E-state index contributed by atoms with van der Waals surface area (Å²) in [5.74, 6) is 0. The van der Waals surface area contributed by atoms with Gasteiger partial charge in [0.05, 0.1) is 0 Å². The first kappa shape index (κ1) is 8.15. The van der Waals surface area contributed by atoms with Crippen LogP contribution in [-0.2, 0) is 4.79 Å². The van der Waals surface area contributed by atoms with E-state index >= 15 is 0 Å². The van der Waals surface area contributed by atoms with E-state index in [9.17, 15) is 4.79 Å². The molecular weight excluding hydrogens is 112 g/mol. The molecule has 0 bridgehead atoms. The summed E-state index contributed by atoms with van der Waals surface area (Å²) in [6.45, 7) is 2.12. The molecule has 0 unspecified atom stereocenters. The first-order valence-corrected chi connectivity index (χ1v) is 3.18. The molecule has 0 aliphatic carbocycles. The summed E-state index contributed by atoms with van der Waals surface area (Å²) in [7, 11) is 0. The minimum atomic E-state index is 0.774. The summed E-state index contributed by atoms with van der Waals surface area (Å²) in [5.41, 5.74) is 0. The molecule has 1 heteroatoms. The number of carbonyl (C=O) groups excluding carboxylic acids is 1. The molecule has 0 spiro atoms. The van der Waals surface area contributed by atoms with Gasteiger partial charge < -0.3 is 0 Å². The lowest BCUT2D eigenvalue weighted by atomic mass is 10.3. The Hall–Kier alpha value is -0.850. The predicted molar refractivity (Wildman–Crippen MR) is 39.3 cm³/mol. The third kappa shape index (κ3) is 7.15. The lowest BCUT2D eigenvalue weighted by Crippen LogP contribution is -1.60. The van der Waals surface area contributed by atoms with Gasteiger partial charge in [-0.1, -0.05) is 31.6 Å². The smallest absolute Gasteiger partial charge is 0.142 e. The monoisotopic (exact) mass is 124 g/mol. The Labute approximate surface area is 56.1 Å². The van der Waals surface area contributed by atoms with Crippen molar-refractivity contribution in [3.8, 4) is 0 Å². The molecular formula is C8H12O. The molecule has 0 amide bonds. The molecule has 1 nitrogen and oxygen atoms in total. The molecule has 0 radical (unpaired) electrons. The zero-order valence-electron chi connectivity index (χ0n) is 5.71. The summed E-state index contributed by atoms with van der Waals surface area (Å²) < 4.78 is 0. The summed E-state index contributed by atoms with van der Waals surface area (Å²) in [5, 5.41) is 0. The summed E-state index contributed by atoms with van der Waals surface area (Å²) in [4.78, 5) is 9.72. The van der Waals surface area contributed by atoms with Gasteiger partial charge in [-0.25, -0.2) is 0 Å². The topological polar surface area (TPSA) is 17.1 Å². The van der Waals surface area contributed by atoms with Gasteiger partial charge in [-0.15, -0.1) is 0 Å². The molecule has 0 aromatic carbocycles. The molecule has 50 valence electrons. The average Bonchev–Trinajstić information content (AvgIpc) is 1.89. The van der Waals surface area contributed by atoms with E-state index in [-0.39, 0.29) is 0 Å². The summed E-state index contributed by atoms with van der Waals surface area (Å²) in [6.07, 6.45) is 10.2. The van der Waals surface area contributed by atoms with Crippen molar-refractivity contribution in [1.82, 2.24) is 0 Å². The van der Waals surface area contributed by atoms with Gasteiger partial charge in [-0.3, -0.25) is 4.79 Å². The van der Waals surface area contributed by atoms with Crippen LogP contribution in [0.15, 0.2) is 24.3 Å². The van der Waals surface area contributed by atoms with E-state index < -0.39 is 0 Å². The molecule has 0 heterocycles. The van der Waals surface area contributed by atoms with Crippen LogP contribution in [0.1, 0.15) is 19.8 Å². The molecule has 0 atom stereocenters. The molecule has 0 fully saturated rings. The van der Waals surface area contributed by atoms with Crippen LogP contribution in [0.3, 0.4) is 0 Å². The van der Waals surface area contributed by atoms with Crippen molar-refractivity contribution in [1.29, 1.82) is 0 Å². The van der Waals surface area contributed by atoms with E-state index in [1.807, 2.05) is 12.2 Å². The quantitative estimate of drug-likeness (QED) is 0.318. The first-order valence-electron chi connectivity index (χ1n) is 3.18. The third-order valence-electron chi connectivity index (χ3n) is 0.892. The Morgan fingerprint density at radius 2 is 2.00 bits per heavy atom. The number of aldehydes is 1. The van der Waals surface area contributed by atoms with Gasteiger partial charge in [0.25, 0.3) is 0 Å². The van der Waals surface area contributed by atoms with Crippen LogP contribution in [-0.4, -0.2) is 6.29 Å². The predicted octanol–water partition coefficient (Wildman–Crippen LogP) is 2.10. The molecule has 0 saturated heterocycles. The van der Waals surface area contributed by atoms with Crippen molar-refractivity contribution in [2.75, 3.05) is 0 Å². The lowest BCUT2D eigenvalue weighted by molar-refractivity contribution is -0.104. The van der Waals surface area contributed by atoms with Crippen LogP contribution in [0.4, 0.5) is 0 Å². The number of unbranched alkanes of at least 4 members (excludes halogenated alkanes) is 1. The number of carbonyl (C=O) groups is 1. The van der Waals surface area contributed by atoms with Crippen molar-refractivity contribution < 1.29 is 4.79 Å². The van der Waals surface area contributed by atoms with Crippen LogP contribution >= 0.6 is 0 Å². The highest BCUT2D eigenvalue weighted by Gasteiger charge is 1.68. The molecule has 0 saturated carbocycles. The molecule has 0 aromatic heterocycles. The van der Waals surface area contributed by atoms with Crippen LogP contribution in [0, 0.1) is 0 Å². The standard InChI is InChI=1S/C8H12O/c1-2-3-4-5-6-7-8-9/h4-8H,2-3H2,1H3/b5-4-,7-6+. The maximum absolute atomic E-state index is 9.72. The molecule has 9 heavy (non-hydrogen) atoms. The Morgan fingerprint density at radius 3 is 2.56 bits per heavy atom. The first-order chi connectivity index (χ1) is 4.41. The second-order valence-electron chi connectivity index (χ2n) is 1.74.